The van der Waals surface area contributed by atoms with Crippen LogP contribution >= 0.6 is 24.0 Å². The maximum atomic E-state index is 11.5. The summed E-state index contributed by atoms with van der Waals surface area (Å²) in [7, 11) is 3.80. The summed E-state index contributed by atoms with van der Waals surface area (Å²) in [6.45, 7) is 4.30. The fourth-order valence-corrected chi connectivity index (χ4v) is 3.33. The SMILES string of the molecule is CN=C(NCCN1C(=O)CNC1=O)N(C)CC1CCC(C)CC1.I. The number of halogens is 1. The minimum Gasteiger partial charge on any atom is -0.354 e. The first kappa shape index (κ1) is 21.0. The summed E-state index contributed by atoms with van der Waals surface area (Å²) < 4.78 is 0. The van der Waals surface area contributed by atoms with Crippen LogP contribution in [0.3, 0.4) is 0 Å². The standard InChI is InChI=1S/C16H29N5O2.HI/c1-12-4-6-13(7-5-12)11-20(3)15(17-2)18-8-9-21-14(22)10-19-16(21)23;/h12-13H,4-11H2,1-3H3,(H,17,18)(H,19,23);1H. The normalized spacial score (nSPS) is 24.5. The summed E-state index contributed by atoms with van der Waals surface area (Å²) in [4.78, 5) is 30.7. The second-order valence-electron chi connectivity index (χ2n) is 6.68. The van der Waals surface area contributed by atoms with Gasteiger partial charge in [0.15, 0.2) is 5.96 Å². The third-order valence-corrected chi connectivity index (χ3v) is 4.80. The Morgan fingerprint density at radius 2 is 2.00 bits per heavy atom. The smallest absolute Gasteiger partial charge is 0.324 e. The minimum atomic E-state index is -0.309. The van der Waals surface area contributed by atoms with Gasteiger partial charge in [-0.25, -0.2) is 4.79 Å². The third-order valence-electron chi connectivity index (χ3n) is 4.80. The van der Waals surface area contributed by atoms with Gasteiger partial charge in [-0.3, -0.25) is 14.7 Å². The van der Waals surface area contributed by atoms with E-state index in [4.69, 9.17) is 0 Å². The fraction of sp³-hybridized carbons (Fsp3) is 0.812. The van der Waals surface area contributed by atoms with Crippen LogP contribution in [0.4, 0.5) is 4.79 Å². The molecule has 3 amide bonds. The molecule has 138 valence electrons. The van der Waals surface area contributed by atoms with E-state index >= 15 is 0 Å². The van der Waals surface area contributed by atoms with Gasteiger partial charge < -0.3 is 15.5 Å². The van der Waals surface area contributed by atoms with Gasteiger partial charge in [0.1, 0.15) is 0 Å². The van der Waals surface area contributed by atoms with E-state index in [1.165, 1.54) is 30.6 Å². The molecule has 2 N–H and O–H groups in total. The van der Waals surface area contributed by atoms with Gasteiger partial charge in [0.25, 0.3) is 0 Å². The molecule has 0 bridgehead atoms. The van der Waals surface area contributed by atoms with Gasteiger partial charge in [-0.15, -0.1) is 24.0 Å². The molecule has 2 aliphatic rings. The maximum absolute atomic E-state index is 11.5. The highest BCUT2D eigenvalue weighted by atomic mass is 127. The lowest BCUT2D eigenvalue weighted by Crippen LogP contribution is -2.45. The van der Waals surface area contributed by atoms with Gasteiger partial charge in [0.05, 0.1) is 6.54 Å². The monoisotopic (exact) mass is 451 g/mol. The Labute approximate surface area is 161 Å². The van der Waals surface area contributed by atoms with Crippen LogP contribution in [0.15, 0.2) is 4.99 Å². The molecule has 0 atom stereocenters. The first-order valence-electron chi connectivity index (χ1n) is 8.51. The quantitative estimate of drug-likeness (QED) is 0.288. The second-order valence-corrected chi connectivity index (χ2v) is 6.68. The number of rotatable bonds is 5. The van der Waals surface area contributed by atoms with Gasteiger partial charge >= 0.3 is 6.03 Å². The summed E-state index contributed by atoms with van der Waals surface area (Å²) in [5.74, 6) is 2.23. The number of nitrogens with one attached hydrogen (secondary N) is 2. The number of carbonyl (C=O) groups excluding carboxylic acids is 2. The van der Waals surface area contributed by atoms with Crippen molar-refractivity contribution in [3.05, 3.63) is 0 Å². The van der Waals surface area contributed by atoms with Gasteiger partial charge in [-0.05, 0) is 24.7 Å². The Hall–Kier alpha value is -1.06. The van der Waals surface area contributed by atoms with Gasteiger partial charge in [0, 0.05) is 33.7 Å². The van der Waals surface area contributed by atoms with Crippen LogP contribution in [0.25, 0.3) is 0 Å². The van der Waals surface area contributed by atoms with Crippen molar-refractivity contribution in [1.29, 1.82) is 0 Å². The van der Waals surface area contributed by atoms with E-state index in [9.17, 15) is 9.59 Å². The first-order valence-corrected chi connectivity index (χ1v) is 8.51. The van der Waals surface area contributed by atoms with E-state index in [1.807, 2.05) is 7.05 Å². The molecule has 0 aromatic carbocycles. The van der Waals surface area contributed by atoms with Crippen LogP contribution in [0.5, 0.6) is 0 Å². The molecule has 1 saturated carbocycles. The highest BCUT2D eigenvalue weighted by Crippen LogP contribution is 2.28. The number of amides is 3. The molecule has 0 aromatic heterocycles. The molecule has 1 aliphatic carbocycles. The Balaban J connectivity index is 0.00000288. The molecule has 1 aliphatic heterocycles. The number of aliphatic imine (C=N–C) groups is 1. The zero-order chi connectivity index (χ0) is 16.8. The van der Waals surface area contributed by atoms with E-state index < -0.39 is 0 Å². The molecule has 0 spiro atoms. The Bertz CT molecular complexity index is 447. The molecule has 2 rings (SSSR count). The molecule has 7 nitrogen and oxygen atoms in total. The topological polar surface area (TPSA) is 77.0 Å². The second kappa shape index (κ2) is 10.0. The van der Waals surface area contributed by atoms with Crippen molar-refractivity contribution < 1.29 is 9.59 Å². The lowest BCUT2D eigenvalue weighted by Gasteiger charge is -2.31. The molecule has 24 heavy (non-hydrogen) atoms. The van der Waals surface area contributed by atoms with Gasteiger partial charge in [-0.2, -0.15) is 0 Å². The molecule has 8 heteroatoms. The summed E-state index contributed by atoms with van der Waals surface area (Å²) in [6.07, 6.45) is 5.20. The molecule has 0 aromatic rings. The van der Waals surface area contributed by atoms with Crippen molar-refractivity contribution in [1.82, 2.24) is 20.4 Å². The zero-order valence-electron chi connectivity index (χ0n) is 14.9. The van der Waals surface area contributed by atoms with Crippen molar-refractivity contribution in [2.75, 3.05) is 40.3 Å². The van der Waals surface area contributed by atoms with E-state index in [2.05, 4.69) is 27.4 Å². The highest BCUT2D eigenvalue weighted by Gasteiger charge is 2.28. The number of imide groups is 1. The van der Waals surface area contributed by atoms with Crippen LogP contribution in [0.2, 0.25) is 0 Å². The van der Waals surface area contributed by atoms with E-state index in [0.29, 0.717) is 13.1 Å². The molecule has 1 heterocycles. The number of guanidine groups is 1. The molecule has 0 unspecified atom stereocenters. The number of hydrogen-bond acceptors (Lipinski definition) is 3. The van der Waals surface area contributed by atoms with Gasteiger partial charge in [0.2, 0.25) is 5.91 Å². The Morgan fingerprint density at radius 3 is 2.54 bits per heavy atom. The maximum Gasteiger partial charge on any atom is 0.324 e. The molecule has 2 fully saturated rings. The largest absolute Gasteiger partial charge is 0.354 e. The average molecular weight is 451 g/mol. The predicted molar refractivity (Wildman–Crippen MR) is 106 cm³/mol. The van der Waals surface area contributed by atoms with Gasteiger partial charge in [-0.1, -0.05) is 19.8 Å². The lowest BCUT2D eigenvalue weighted by molar-refractivity contribution is -0.124. The molecule has 1 saturated heterocycles. The van der Waals surface area contributed by atoms with E-state index in [0.717, 1.165) is 24.3 Å². The van der Waals surface area contributed by atoms with Crippen LogP contribution in [-0.2, 0) is 4.79 Å². The molecular formula is C16H30IN5O2. The predicted octanol–water partition coefficient (Wildman–Crippen LogP) is 1.49. The van der Waals surface area contributed by atoms with Crippen molar-refractivity contribution in [3.8, 4) is 0 Å². The molecule has 0 radical (unpaired) electrons. The number of urea groups is 1. The first-order chi connectivity index (χ1) is 11.0. The van der Waals surface area contributed by atoms with E-state index in [1.54, 1.807) is 7.05 Å². The summed E-state index contributed by atoms with van der Waals surface area (Å²) >= 11 is 0. The highest BCUT2D eigenvalue weighted by molar-refractivity contribution is 14.0. The Morgan fingerprint density at radius 1 is 1.33 bits per heavy atom. The summed E-state index contributed by atoms with van der Waals surface area (Å²) in [5, 5.41) is 5.76. The average Bonchev–Trinajstić information content (AvgIpc) is 2.85. The fourth-order valence-electron chi connectivity index (χ4n) is 3.33. The van der Waals surface area contributed by atoms with Crippen LogP contribution in [0.1, 0.15) is 32.6 Å². The van der Waals surface area contributed by atoms with Crippen LogP contribution in [0, 0.1) is 11.8 Å². The van der Waals surface area contributed by atoms with Crippen molar-refractivity contribution in [2.24, 2.45) is 16.8 Å². The van der Waals surface area contributed by atoms with Crippen molar-refractivity contribution in [3.63, 3.8) is 0 Å². The van der Waals surface area contributed by atoms with Crippen LogP contribution < -0.4 is 10.6 Å². The number of carbonyl (C=O) groups is 2. The lowest BCUT2D eigenvalue weighted by atomic mass is 9.83. The van der Waals surface area contributed by atoms with E-state index in [-0.39, 0.29) is 42.5 Å². The van der Waals surface area contributed by atoms with Crippen molar-refractivity contribution >= 4 is 41.9 Å². The Kier molecular flexibility index (Phi) is 8.79. The van der Waals surface area contributed by atoms with Crippen LogP contribution in [-0.4, -0.2) is 68.0 Å². The summed E-state index contributed by atoms with van der Waals surface area (Å²) in [5.41, 5.74) is 0. The molecular weight excluding hydrogens is 421 g/mol. The number of hydrogen-bond donors (Lipinski definition) is 2. The summed E-state index contributed by atoms with van der Waals surface area (Å²) in [6, 6.07) is -0.309. The third kappa shape index (κ3) is 5.78. The van der Waals surface area contributed by atoms with Crippen molar-refractivity contribution in [2.45, 2.75) is 32.6 Å². The zero-order valence-corrected chi connectivity index (χ0v) is 17.2. The minimum absolute atomic E-state index is 0. The number of nitrogens with zero attached hydrogens (tertiary/aromatic N) is 3.